The second-order valence-corrected chi connectivity index (χ2v) is 5.53. The Morgan fingerprint density at radius 1 is 1.53 bits per heavy atom. The highest BCUT2D eigenvalue weighted by Gasteiger charge is 2.22. The van der Waals surface area contributed by atoms with Crippen molar-refractivity contribution < 1.29 is 4.79 Å². The van der Waals surface area contributed by atoms with Crippen LogP contribution in [-0.2, 0) is 4.79 Å². The van der Waals surface area contributed by atoms with Gasteiger partial charge in [0.15, 0.2) is 0 Å². The quantitative estimate of drug-likeness (QED) is 0.724. The second kappa shape index (κ2) is 6.97. The summed E-state index contributed by atoms with van der Waals surface area (Å²) >= 11 is 0. The third-order valence-corrected chi connectivity index (χ3v) is 3.44. The highest BCUT2D eigenvalue weighted by Crippen LogP contribution is 2.14. The van der Waals surface area contributed by atoms with Crippen LogP contribution in [0.15, 0.2) is 0 Å². The van der Waals surface area contributed by atoms with Crippen LogP contribution in [0.4, 0.5) is 0 Å². The van der Waals surface area contributed by atoms with E-state index in [4.69, 9.17) is 5.73 Å². The summed E-state index contributed by atoms with van der Waals surface area (Å²) in [6.07, 6.45) is 1.95. The van der Waals surface area contributed by atoms with Crippen molar-refractivity contribution in [3.63, 3.8) is 0 Å². The molecule has 0 saturated carbocycles. The van der Waals surface area contributed by atoms with Gasteiger partial charge in [0.2, 0.25) is 5.91 Å². The molecule has 1 aliphatic rings. The molecule has 0 radical (unpaired) electrons. The van der Waals surface area contributed by atoms with Gasteiger partial charge in [-0.3, -0.25) is 4.79 Å². The number of carbonyl (C=O) groups is 1. The van der Waals surface area contributed by atoms with E-state index in [0.717, 1.165) is 32.6 Å². The Kier molecular flexibility index (Phi) is 5.92. The van der Waals surface area contributed by atoms with Crippen molar-refractivity contribution in [3.8, 4) is 0 Å². The normalized spacial score (nSPS) is 23.0. The minimum atomic E-state index is -0.348. The van der Waals surface area contributed by atoms with E-state index in [1.54, 1.807) is 0 Å². The Balaban J connectivity index is 2.20. The standard InChI is InChI=1S/C13H27N3O/c1-4-16-6-5-11(9-16)8-15-13(17)12(14)7-10(2)3/h10-12H,4-9,14H2,1-3H3,(H,15,17)/t11?,12-/m1/s1. The number of carbonyl (C=O) groups excluding carboxylic acids is 1. The van der Waals surface area contributed by atoms with Crippen molar-refractivity contribution in [1.29, 1.82) is 0 Å². The molecule has 4 nitrogen and oxygen atoms in total. The van der Waals surface area contributed by atoms with Crippen LogP contribution in [0.25, 0.3) is 0 Å². The molecule has 3 N–H and O–H groups in total. The third-order valence-electron chi connectivity index (χ3n) is 3.44. The molecule has 0 bridgehead atoms. The van der Waals surface area contributed by atoms with Crippen LogP contribution in [0.5, 0.6) is 0 Å². The summed E-state index contributed by atoms with van der Waals surface area (Å²) < 4.78 is 0. The Bertz CT molecular complexity index is 243. The fourth-order valence-corrected chi connectivity index (χ4v) is 2.36. The summed E-state index contributed by atoms with van der Waals surface area (Å²) in [6, 6.07) is -0.348. The summed E-state index contributed by atoms with van der Waals surface area (Å²) in [4.78, 5) is 14.2. The molecule has 0 aromatic rings. The van der Waals surface area contributed by atoms with Crippen LogP contribution in [0.3, 0.4) is 0 Å². The van der Waals surface area contributed by atoms with Gasteiger partial charge in [-0.25, -0.2) is 0 Å². The zero-order valence-electron chi connectivity index (χ0n) is 11.4. The summed E-state index contributed by atoms with van der Waals surface area (Å²) in [5.41, 5.74) is 5.83. The molecule has 1 heterocycles. The van der Waals surface area contributed by atoms with Crippen molar-refractivity contribution in [3.05, 3.63) is 0 Å². The summed E-state index contributed by atoms with van der Waals surface area (Å²) in [5.74, 6) is 1.08. The van der Waals surface area contributed by atoms with Gasteiger partial charge in [-0.1, -0.05) is 20.8 Å². The maximum Gasteiger partial charge on any atom is 0.236 e. The van der Waals surface area contributed by atoms with E-state index in [0.29, 0.717) is 11.8 Å². The Hall–Kier alpha value is -0.610. The first-order chi connectivity index (χ1) is 8.02. The summed E-state index contributed by atoms with van der Waals surface area (Å²) in [7, 11) is 0. The molecule has 1 fully saturated rings. The molecule has 17 heavy (non-hydrogen) atoms. The van der Waals surface area contributed by atoms with Crippen molar-refractivity contribution >= 4 is 5.91 Å². The van der Waals surface area contributed by atoms with Crippen molar-refractivity contribution in [2.45, 2.75) is 39.7 Å². The van der Waals surface area contributed by atoms with Crippen molar-refractivity contribution in [1.82, 2.24) is 10.2 Å². The van der Waals surface area contributed by atoms with E-state index in [-0.39, 0.29) is 11.9 Å². The fourth-order valence-electron chi connectivity index (χ4n) is 2.36. The highest BCUT2D eigenvalue weighted by atomic mass is 16.2. The molecule has 0 spiro atoms. The largest absolute Gasteiger partial charge is 0.354 e. The van der Waals surface area contributed by atoms with Crippen LogP contribution in [0.2, 0.25) is 0 Å². The van der Waals surface area contributed by atoms with Crippen LogP contribution in [0.1, 0.15) is 33.6 Å². The van der Waals surface area contributed by atoms with E-state index >= 15 is 0 Å². The van der Waals surface area contributed by atoms with E-state index in [1.165, 1.54) is 6.42 Å². The van der Waals surface area contributed by atoms with Crippen LogP contribution in [-0.4, -0.2) is 43.0 Å². The highest BCUT2D eigenvalue weighted by molar-refractivity contribution is 5.81. The zero-order valence-corrected chi connectivity index (χ0v) is 11.4. The molecule has 0 aliphatic carbocycles. The molecular weight excluding hydrogens is 214 g/mol. The number of nitrogens with zero attached hydrogens (tertiary/aromatic N) is 1. The first kappa shape index (κ1) is 14.5. The number of hydrogen-bond acceptors (Lipinski definition) is 3. The van der Waals surface area contributed by atoms with E-state index in [9.17, 15) is 4.79 Å². The lowest BCUT2D eigenvalue weighted by molar-refractivity contribution is -0.122. The molecule has 0 aromatic carbocycles. The van der Waals surface area contributed by atoms with E-state index in [2.05, 4.69) is 31.0 Å². The number of nitrogens with two attached hydrogens (primary N) is 1. The number of amides is 1. The van der Waals surface area contributed by atoms with Gasteiger partial charge < -0.3 is 16.0 Å². The number of rotatable bonds is 6. The molecule has 1 saturated heterocycles. The molecular formula is C13H27N3O. The minimum absolute atomic E-state index is 0.00801. The molecule has 4 heteroatoms. The Labute approximate surface area is 105 Å². The lowest BCUT2D eigenvalue weighted by atomic mass is 10.0. The maximum absolute atomic E-state index is 11.7. The van der Waals surface area contributed by atoms with Gasteiger partial charge >= 0.3 is 0 Å². The smallest absolute Gasteiger partial charge is 0.236 e. The summed E-state index contributed by atoms with van der Waals surface area (Å²) in [6.45, 7) is 10.5. The molecule has 0 aromatic heterocycles. The summed E-state index contributed by atoms with van der Waals surface area (Å²) in [5, 5.41) is 2.98. The van der Waals surface area contributed by atoms with E-state index in [1.807, 2.05) is 0 Å². The topological polar surface area (TPSA) is 58.4 Å². The predicted molar refractivity (Wildman–Crippen MR) is 70.7 cm³/mol. The van der Waals surface area contributed by atoms with Crippen LogP contribution < -0.4 is 11.1 Å². The van der Waals surface area contributed by atoms with Gasteiger partial charge in [-0.2, -0.15) is 0 Å². The Morgan fingerprint density at radius 3 is 2.76 bits per heavy atom. The van der Waals surface area contributed by atoms with Gasteiger partial charge in [0.1, 0.15) is 0 Å². The first-order valence-electron chi connectivity index (χ1n) is 6.78. The maximum atomic E-state index is 11.7. The SMILES string of the molecule is CCN1CCC(CNC(=O)[C@H](N)CC(C)C)C1. The van der Waals surface area contributed by atoms with Gasteiger partial charge in [-0.15, -0.1) is 0 Å². The predicted octanol–water partition coefficient (Wildman–Crippen LogP) is 0.818. The van der Waals surface area contributed by atoms with E-state index < -0.39 is 0 Å². The lowest BCUT2D eigenvalue weighted by Gasteiger charge is -2.17. The van der Waals surface area contributed by atoms with Crippen molar-refractivity contribution in [2.75, 3.05) is 26.2 Å². The van der Waals surface area contributed by atoms with Crippen molar-refractivity contribution in [2.24, 2.45) is 17.6 Å². The van der Waals surface area contributed by atoms with Gasteiger partial charge in [0.05, 0.1) is 6.04 Å². The zero-order chi connectivity index (χ0) is 12.8. The van der Waals surface area contributed by atoms with Gasteiger partial charge in [0, 0.05) is 13.1 Å². The molecule has 2 atom stereocenters. The Morgan fingerprint density at radius 2 is 2.24 bits per heavy atom. The average Bonchev–Trinajstić information content (AvgIpc) is 2.72. The lowest BCUT2D eigenvalue weighted by Crippen LogP contribution is -2.43. The molecule has 100 valence electrons. The third kappa shape index (κ3) is 5.04. The molecule has 1 amide bonds. The van der Waals surface area contributed by atoms with Crippen LogP contribution >= 0.6 is 0 Å². The van der Waals surface area contributed by atoms with Gasteiger partial charge in [0.25, 0.3) is 0 Å². The van der Waals surface area contributed by atoms with Gasteiger partial charge in [-0.05, 0) is 37.8 Å². The number of likely N-dealkylation sites (tertiary alicyclic amines) is 1. The second-order valence-electron chi connectivity index (χ2n) is 5.53. The number of nitrogens with one attached hydrogen (secondary N) is 1. The first-order valence-corrected chi connectivity index (χ1v) is 6.78. The molecule has 1 aliphatic heterocycles. The fraction of sp³-hybridized carbons (Fsp3) is 0.923. The monoisotopic (exact) mass is 241 g/mol. The molecule has 1 rings (SSSR count). The van der Waals surface area contributed by atoms with Crippen LogP contribution in [0, 0.1) is 11.8 Å². The number of hydrogen-bond donors (Lipinski definition) is 2. The average molecular weight is 241 g/mol. The minimum Gasteiger partial charge on any atom is -0.354 e. The molecule has 1 unspecified atom stereocenters.